The molecule has 0 aromatic rings. The summed E-state index contributed by atoms with van der Waals surface area (Å²) in [6, 6.07) is 0. The molecule has 0 spiro atoms. The van der Waals surface area contributed by atoms with Crippen molar-refractivity contribution in [3.8, 4) is 0 Å². The zero-order valence-electron chi connectivity index (χ0n) is 15.1. The van der Waals surface area contributed by atoms with Crippen LogP contribution in [0.1, 0.15) is 41.5 Å². The highest BCUT2D eigenvalue weighted by Crippen LogP contribution is 2.09. The average Bonchev–Trinajstić information content (AvgIpc) is 2.18. The van der Waals surface area contributed by atoms with Crippen molar-refractivity contribution >= 4 is 21.8 Å². The first kappa shape index (κ1) is 21.9. The van der Waals surface area contributed by atoms with E-state index in [9.17, 15) is 18.0 Å². The first-order valence-electron chi connectivity index (χ1n) is 7.41. The molecule has 0 rings (SSSR count). The second kappa shape index (κ2) is 8.10. The molecular formula is C15H29NO6S. The number of esters is 2. The highest BCUT2D eigenvalue weighted by molar-refractivity contribution is 7.90. The third kappa shape index (κ3) is 14.2. The average molecular weight is 351 g/mol. The quantitative estimate of drug-likeness (QED) is 0.632. The van der Waals surface area contributed by atoms with Crippen molar-refractivity contribution in [3.63, 3.8) is 0 Å². The maximum atomic E-state index is 11.9. The number of carbonyl (C=O) groups excluding carboxylic acids is 2. The van der Waals surface area contributed by atoms with Crippen molar-refractivity contribution < 1.29 is 27.5 Å². The van der Waals surface area contributed by atoms with E-state index < -0.39 is 33.0 Å². The lowest BCUT2D eigenvalue weighted by atomic mass is 10.2. The fraction of sp³-hybridized carbons (Fsp3) is 0.867. The van der Waals surface area contributed by atoms with E-state index in [2.05, 4.69) is 0 Å². The van der Waals surface area contributed by atoms with Crippen LogP contribution < -0.4 is 0 Å². The number of nitrogens with zero attached hydrogens (tertiary/aromatic N) is 1. The molecule has 0 saturated carbocycles. The minimum absolute atomic E-state index is 0.0529. The summed E-state index contributed by atoms with van der Waals surface area (Å²) in [4.78, 5) is 25.2. The molecule has 7 nitrogen and oxygen atoms in total. The molecule has 23 heavy (non-hydrogen) atoms. The first-order valence-corrected chi connectivity index (χ1v) is 9.47. The minimum atomic E-state index is -3.21. The Morgan fingerprint density at radius 2 is 1.22 bits per heavy atom. The largest absolute Gasteiger partial charge is 0.459 e. The Hall–Kier alpha value is -1.15. The SMILES string of the molecule is CC(C)(C)OC(=O)CN(CCS(C)(=O)=O)CC(=O)OC(C)(C)C. The van der Waals surface area contributed by atoms with Gasteiger partial charge < -0.3 is 9.47 Å². The molecule has 136 valence electrons. The Kier molecular flexibility index (Phi) is 7.69. The predicted octanol–water partition coefficient (Wildman–Crippen LogP) is 1.02. The molecule has 0 N–H and O–H groups in total. The molecule has 8 heteroatoms. The Morgan fingerprint density at radius 1 is 0.870 bits per heavy atom. The van der Waals surface area contributed by atoms with Gasteiger partial charge in [-0.3, -0.25) is 14.5 Å². The van der Waals surface area contributed by atoms with Crippen LogP contribution in [0, 0.1) is 0 Å². The second-order valence-electron chi connectivity index (χ2n) is 7.51. The van der Waals surface area contributed by atoms with Gasteiger partial charge in [-0.1, -0.05) is 0 Å². The summed E-state index contributed by atoms with van der Waals surface area (Å²) < 4.78 is 33.0. The molecule has 0 atom stereocenters. The van der Waals surface area contributed by atoms with Gasteiger partial charge in [0.1, 0.15) is 21.0 Å². The van der Waals surface area contributed by atoms with Crippen LogP contribution in [-0.2, 0) is 28.9 Å². The van der Waals surface area contributed by atoms with Crippen LogP contribution in [0.5, 0.6) is 0 Å². The van der Waals surface area contributed by atoms with Crippen LogP contribution in [0.4, 0.5) is 0 Å². The van der Waals surface area contributed by atoms with Crippen LogP contribution >= 0.6 is 0 Å². The van der Waals surface area contributed by atoms with E-state index >= 15 is 0 Å². The highest BCUT2D eigenvalue weighted by Gasteiger charge is 2.23. The fourth-order valence-corrected chi connectivity index (χ4v) is 2.21. The Labute approximate surface area is 139 Å². The van der Waals surface area contributed by atoms with Crippen molar-refractivity contribution in [2.24, 2.45) is 0 Å². The van der Waals surface area contributed by atoms with Gasteiger partial charge in [0.15, 0.2) is 0 Å². The topological polar surface area (TPSA) is 90.0 Å². The minimum Gasteiger partial charge on any atom is -0.459 e. The smallest absolute Gasteiger partial charge is 0.320 e. The lowest BCUT2D eigenvalue weighted by Gasteiger charge is -2.26. The number of hydrogen-bond acceptors (Lipinski definition) is 7. The fourth-order valence-electron chi connectivity index (χ4n) is 1.62. The van der Waals surface area contributed by atoms with Gasteiger partial charge in [0.25, 0.3) is 0 Å². The van der Waals surface area contributed by atoms with Crippen LogP contribution in [0.2, 0.25) is 0 Å². The van der Waals surface area contributed by atoms with Crippen molar-refractivity contribution in [2.75, 3.05) is 31.6 Å². The molecule has 0 aliphatic carbocycles. The van der Waals surface area contributed by atoms with Crippen LogP contribution in [-0.4, -0.2) is 68.1 Å². The van der Waals surface area contributed by atoms with E-state index in [4.69, 9.17) is 9.47 Å². The lowest BCUT2D eigenvalue weighted by molar-refractivity contribution is -0.159. The summed E-state index contributed by atoms with van der Waals surface area (Å²) in [7, 11) is -3.21. The van der Waals surface area contributed by atoms with Gasteiger partial charge in [-0.05, 0) is 41.5 Å². The second-order valence-corrected chi connectivity index (χ2v) is 9.77. The molecule has 0 amide bonds. The zero-order valence-corrected chi connectivity index (χ0v) is 15.9. The van der Waals surface area contributed by atoms with Crippen LogP contribution in [0.25, 0.3) is 0 Å². The van der Waals surface area contributed by atoms with Gasteiger partial charge in [0.05, 0.1) is 18.8 Å². The molecule has 0 saturated heterocycles. The lowest BCUT2D eigenvalue weighted by Crippen LogP contribution is -2.41. The number of carbonyl (C=O) groups is 2. The van der Waals surface area contributed by atoms with E-state index in [1.807, 2.05) is 0 Å². The molecule has 0 aromatic carbocycles. The Morgan fingerprint density at radius 3 is 1.48 bits per heavy atom. The van der Waals surface area contributed by atoms with Gasteiger partial charge in [-0.2, -0.15) is 0 Å². The van der Waals surface area contributed by atoms with Crippen molar-refractivity contribution in [2.45, 2.75) is 52.7 Å². The van der Waals surface area contributed by atoms with E-state index in [1.165, 1.54) is 4.90 Å². The molecule has 0 radical (unpaired) electrons. The Balaban J connectivity index is 4.81. The summed E-state index contributed by atoms with van der Waals surface area (Å²) in [6.45, 7) is 10.1. The van der Waals surface area contributed by atoms with E-state index in [0.29, 0.717) is 0 Å². The van der Waals surface area contributed by atoms with Crippen molar-refractivity contribution in [3.05, 3.63) is 0 Å². The van der Waals surface area contributed by atoms with Gasteiger partial charge in [0, 0.05) is 12.8 Å². The van der Waals surface area contributed by atoms with Crippen molar-refractivity contribution in [1.82, 2.24) is 4.90 Å². The molecule has 0 aromatic heterocycles. The van der Waals surface area contributed by atoms with Crippen LogP contribution in [0.15, 0.2) is 0 Å². The third-order valence-electron chi connectivity index (χ3n) is 2.32. The first-order chi connectivity index (χ1) is 10.1. The Bertz CT molecular complexity index is 483. The maximum Gasteiger partial charge on any atom is 0.320 e. The van der Waals surface area contributed by atoms with E-state index in [1.54, 1.807) is 41.5 Å². The molecule has 0 aliphatic rings. The van der Waals surface area contributed by atoms with Crippen molar-refractivity contribution in [1.29, 1.82) is 0 Å². The summed E-state index contributed by atoms with van der Waals surface area (Å²) in [6.07, 6.45) is 1.10. The molecular weight excluding hydrogens is 322 g/mol. The molecule has 0 unspecified atom stereocenters. The number of sulfone groups is 1. The standard InChI is InChI=1S/C15H29NO6S/c1-14(2,3)21-12(17)10-16(8-9-23(7,19)20)11-13(18)22-15(4,5)6/h8-11H2,1-7H3. The van der Waals surface area contributed by atoms with E-state index in [-0.39, 0.29) is 25.4 Å². The van der Waals surface area contributed by atoms with Gasteiger partial charge in [0.2, 0.25) is 0 Å². The predicted molar refractivity (Wildman–Crippen MR) is 87.8 cm³/mol. The normalized spacial score (nSPS) is 13.0. The number of ether oxygens (including phenoxy) is 2. The molecule has 0 bridgehead atoms. The summed E-state index contributed by atoms with van der Waals surface area (Å²) in [5.74, 6) is -1.19. The van der Waals surface area contributed by atoms with Gasteiger partial charge >= 0.3 is 11.9 Å². The summed E-state index contributed by atoms with van der Waals surface area (Å²) in [5.41, 5.74) is -1.29. The monoisotopic (exact) mass is 351 g/mol. The maximum absolute atomic E-state index is 11.9. The molecule has 0 heterocycles. The van der Waals surface area contributed by atoms with Crippen LogP contribution in [0.3, 0.4) is 0 Å². The van der Waals surface area contributed by atoms with E-state index in [0.717, 1.165) is 6.26 Å². The number of rotatable bonds is 7. The molecule has 0 fully saturated rings. The number of hydrogen-bond donors (Lipinski definition) is 0. The van der Waals surface area contributed by atoms with Gasteiger partial charge in [-0.25, -0.2) is 8.42 Å². The highest BCUT2D eigenvalue weighted by atomic mass is 32.2. The van der Waals surface area contributed by atoms with Gasteiger partial charge in [-0.15, -0.1) is 0 Å². The third-order valence-corrected chi connectivity index (χ3v) is 3.25. The molecule has 0 aliphatic heterocycles. The summed E-state index contributed by atoms with van der Waals surface area (Å²) in [5, 5.41) is 0. The zero-order chi connectivity index (χ0) is 18.5. The summed E-state index contributed by atoms with van der Waals surface area (Å²) >= 11 is 0.